The Bertz CT molecular complexity index is 741. The Hall–Kier alpha value is -1.73. The van der Waals surface area contributed by atoms with Gasteiger partial charge in [-0.25, -0.2) is 13.4 Å². The van der Waals surface area contributed by atoms with Crippen molar-refractivity contribution in [3.63, 3.8) is 0 Å². The lowest BCUT2D eigenvalue weighted by molar-refractivity contribution is 0.102. The summed E-state index contributed by atoms with van der Waals surface area (Å²) in [5, 5.41) is 2.69. The molecule has 2 rings (SSSR count). The van der Waals surface area contributed by atoms with Gasteiger partial charge in [0.05, 0.1) is 16.2 Å². The first-order chi connectivity index (χ1) is 9.92. The maximum Gasteiger partial charge on any atom is 0.257 e. The fraction of sp³-hybridized carbons (Fsp3) is 0.143. The van der Waals surface area contributed by atoms with Crippen molar-refractivity contribution in [1.82, 2.24) is 4.98 Å². The summed E-state index contributed by atoms with van der Waals surface area (Å²) in [6.45, 7) is 1.59. The van der Waals surface area contributed by atoms with Crippen molar-refractivity contribution in [1.29, 1.82) is 0 Å². The maximum absolute atomic E-state index is 12.0. The van der Waals surface area contributed by atoms with Crippen molar-refractivity contribution in [2.75, 3.05) is 11.1 Å². The van der Waals surface area contributed by atoms with Crippen LogP contribution in [0.5, 0.6) is 0 Å². The second-order valence-corrected chi connectivity index (χ2v) is 7.34. The van der Waals surface area contributed by atoms with E-state index in [9.17, 15) is 13.2 Å². The largest absolute Gasteiger partial charge is 0.322 e. The molecule has 0 bridgehead atoms. The zero-order chi connectivity index (χ0) is 15.5. The van der Waals surface area contributed by atoms with Crippen LogP contribution in [-0.2, 0) is 9.84 Å². The fourth-order valence-corrected chi connectivity index (χ4v) is 2.74. The molecule has 0 aliphatic carbocycles. The molecule has 0 unspecified atom stereocenters. The Morgan fingerprint density at radius 2 is 1.86 bits per heavy atom. The van der Waals surface area contributed by atoms with Crippen LogP contribution in [-0.4, -0.2) is 25.1 Å². The summed E-state index contributed by atoms with van der Waals surface area (Å²) < 4.78 is 24.0. The number of hydrogen-bond acceptors (Lipinski definition) is 4. The normalized spacial score (nSPS) is 11.1. The number of rotatable bonds is 4. The van der Waals surface area contributed by atoms with Gasteiger partial charge in [0.1, 0.15) is 4.60 Å². The number of nitrogens with one attached hydrogen (secondary N) is 1. The first-order valence-electron chi connectivity index (χ1n) is 6.18. The Kier molecular flexibility index (Phi) is 4.74. The lowest BCUT2D eigenvalue weighted by Gasteiger charge is -2.06. The van der Waals surface area contributed by atoms with Crippen LogP contribution in [0.1, 0.15) is 17.3 Å². The molecule has 1 amide bonds. The second kappa shape index (κ2) is 6.36. The van der Waals surface area contributed by atoms with Crippen LogP contribution in [0, 0.1) is 0 Å². The Labute approximate surface area is 131 Å². The molecule has 1 aromatic carbocycles. The molecule has 0 aliphatic rings. The monoisotopic (exact) mass is 368 g/mol. The van der Waals surface area contributed by atoms with E-state index in [0.717, 1.165) is 0 Å². The molecule has 5 nitrogen and oxygen atoms in total. The molecule has 0 radical (unpaired) electrons. The molecule has 21 heavy (non-hydrogen) atoms. The third-order valence-corrected chi connectivity index (χ3v) is 5.06. The third-order valence-electron chi connectivity index (χ3n) is 2.84. The van der Waals surface area contributed by atoms with E-state index in [2.05, 4.69) is 26.2 Å². The number of halogens is 1. The molecule has 1 heterocycles. The lowest BCUT2D eigenvalue weighted by Crippen LogP contribution is -2.12. The minimum atomic E-state index is -3.23. The van der Waals surface area contributed by atoms with Crippen molar-refractivity contribution in [2.24, 2.45) is 0 Å². The highest BCUT2D eigenvalue weighted by Crippen LogP contribution is 2.16. The van der Waals surface area contributed by atoms with Gasteiger partial charge in [-0.05, 0) is 52.3 Å². The van der Waals surface area contributed by atoms with Crippen molar-refractivity contribution in [3.05, 3.63) is 52.8 Å². The van der Waals surface area contributed by atoms with E-state index >= 15 is 0 Å². The standard InChI is InChI=1S/C14H13BrN2O3S/c1-2-21(19,20)12-6-4-11(5-7-12)17-14(18)10-3-8-13(15)16-9-10/h3-9H,2H2,1H3,(H,17,18). The first kappa shape index (κ1) is 15.7. The molecular weight excluding hydrogens is 356 g/mol. The fourth-order valence-electron chi connectivity index (χ4n) is 1.63. The van der Waals surface area contributed by atoms with Crippen LogP contribution in [0.2, 0.25) is 0 Å². The van der Waals surface area contributed by atoms with Gasteiger partial charge in [-0.3, -0.25) is 4.79 Å². The average molecular weight is 369 g/mol. The number of benzene rings is 1. The maximum atomic E-state index is 12.0. The Morgan fingerprint density at radius 3 is 2.38 bits per heavy atom. The van der Waals surface area contributed by atoms with Crippen LogP contribution in [0.25, 0.3) is 0 Å². The number of sulfone groups is 1. The predicted octanol–water partition coefficient (Wildman–Crippen LogP) is 2.89. The Morgan fingerprint density at radius 1 is 1.19 bits per heavy atom. The van der Waals surface area contributed by atoms with Gasteiger partial charge in [-0.1, -0.05) is 6.92 Å². The summed E-state index contributed by atoms with van der Waals surface area (Å²) in [6.07, 6.45) is 1.45. The third kappa shape index (κ3) is 3.89. The van der Waals surface area contributed by atoms with Gasteiger partial charge in [0, 0.05) is 11.9 Å². The van der Waals surface area contributed by atoms with Crippen molar-refractivity contribution >= 4 is 37.4 Å². The number of anilines is 1. The number of carbonyl (C=O) groups is 1. The van der Waals surface area contributed by atoms with Gasteiger partial charge in [-0.2, -0.15) is 0 Å². The SMILES string of the molecule is CCS(=O)(=O)c1ccc(NC(=O)c2ccc(Br)nc2)cc1. The van der Waals surface area contributed by atoms with E-state index in [-0.39, 0.29) is 16.6 Å². The van der Waals surface area contributed by atoms with Gasteiger partial charge in [-0.15, -0.1) is 0 Å². The van der Waals surface area contributed by atoms with Crippen molar-refractivity contribution in [2.45, 2.75) is 11.8 Å². The van der Waals surface area contributed by atoms with Crippen LogP contribution in [0.15, 0.2) is 52.1 Å². The molecule has 0 spiro atoms. The number of hydrogen-bond donors (Lipinski definition) is 1. The minimum absolute atomic E-state index is 0.0449. The van der Waals surface area contributed by atoms with Gasteiger partial charge in [0.25, 0.3) is 5.91 Å². The van der Waals surface area contributed by atoms with Crippen molar-refractivity contribution in [3.8, 4) is 0 Å². The van der Waals surface area contributed by atoms with Crippen LogP contribution in [0.3, 0.4) is 0 Å². The number of amides is 1. The van der Waals surface area contributed by atoms with Gasteiger partial charge in [0.2, 0.25) is 0 Å². The highest BCUT2D eigenvalue weighted by atomic mass is 79.9. The number of carbonyl (C=O) groups excluding carboxylic acids is 1. The molecular formula is C14H13BrN2O3S. The van der Waals surface area contributed by atoms with E-state index in [4.69, 9.17) is 0 Å². The minimum Gasteiger partial charge on any atom is -0.322 e. The zero-order valence-corrected chi connectivity index (χ0v) is 13.6. The van der Waals surface area contributed by atoms with Crippen LogP contribution >= 0.6 is 15.9 Å². The number of aromatic nitrogens is 1. The molecule has 1 aromatic heterocycles. The second-order valence-electron chi connectivity index (χ2n) is 4.25. The molecule has 0 saturated heterocycles. The van der Waals surface area contributed by atoms with Crippen LogP contribution < -0.4 is 5.32 Å². The van der Waals surface area contributed by atoms with Crippen molar-refractivity contribution < 1.29 is 13.2 Å². The summed E-state index contributed by atoms with van der Waals surface area (Å²) in [7, 11) is -3.23. The van der Waals surface area contributed by atoms with E-state index < -0.39 is 9.84 Å². The highest BCUT2D eigenvalue weighted by Gasteiger charge is 2.12. The van der Waals surface area contributed by atoms with E-state index in [1.165, 1.54) is 18.3 Å². The quantitative estimate of drug-likeness (QED) is 0.841. The first-order valence-corrected chi connectivity index (χ1v) is 8.62. The molecule has 0 atom stereocenters. The van der Waals surface area contributed by atoms with E-state index in [1.807, 2.05) is 0 Å². The molecule has 2 aromatic rings. The van der Waals surface area contributed by atoms with Gasteiger partial charge in [0.15, 0.2) is 9.84 Å². The number of pyridine rings is 1. The predicted molar refractivity (Wildman–Crippen MR) is 84.1 cm³/mol. The molecule has 0 aliphatic heterocycles. The van der Waals surface area contributed by atoms with E-state index in [1.54, 1.807) is 31.2 Å². The topological polar surface area (TPSA) is 76.1 Å². The molecule has 7 heteroatoms. The number of nitrogens with zero attached hydrogens (tertiary/aromatic N) is 1. The average Bonchev–Trinajstić information content (AvgIpc) is 2.48. The lowest BCUT2D eigenvalue weighted by atomic mass is 10.2. The molecule has 0 fully saturated rings. The summed E-state index contributed by atoms with van der Waals surface area (Å²) in [5.41, 5.74) is 0.946. The molecule has 110 valence electrons. The summed E-state index contributed by atoms with van der Waals surface area (Å²) in [6, 6.07) is 9.40. The summed E-state index contributed by atoms with van der Waals surface area (Å²) in [4.78, 5) is 16.2. The zero-order valence-electron chi connectivity index (χ0n) is 11.2. The van der Waals surface area contributed by atoms with Crippen LogP contribution in [0.4, 0.5) is 5.69 Å². The van der Waals surface area contributed by atoms with E-state index in [0.29, 0.717) is 15.9 Å². The Balaban J connectivity index is 2.13. The van der Waals surface area contributed by atoms with Gasteiger partial charge >= 0.3 is 0 Å². The smallest absolute Gasteiger partial charge is 0.257 e. The molecule has 1 N–H and O–H groups in total. The summed E-state index contributed by atoms with van der Waals surface area (Å²) >= 11 is 3.19. The van der Waals surface area contributed by atoms with Gasteiger partial charge < -0.3 is 5.32 Å². The molecule has 0 saturated carbocycles. The highest BCUT2D eigenvalue weighted by molar-refractivity contribution is 9.10. The summed E-state index contributed by atoms with van der Waals surface area (Å²) in [5.74, 6) is -0.260.